The molecule has 16 heavy (non-hydrogen) atoms. The van der Waals surface area contributed by atoms with E-state index in [2.05, 4.69) is 0 Å². The third kappa shape index (κ3) is 9.68. The first-order chi connectivity index (χ1) is 7.48. The summed E-state index contributed by atoms with van der Waals surface area (Å²) >= 11 is 0. The van der Waals surface area contributed by atoms with Gasteiger partial charge in [0.1, 0.15) is 0 Å². The molecule has 0 saturated carbocycles. The topological polar surface area (TPSA) is 55.8 Å². The van der Waals surface area contributed by atoms with Crippen LogP contribution in [0.5, 0.6) is 0 Å². The lowest BCUT2D eigenvalue weighted by Crippen LogP contribution is -2.33. The number of unbranched alkanes of at least 4 members (excludes halogenated alkanes) is 1. The van der Waals surface area contributed by atoms with E-state index in [-0.39, 0.29) is 5.79 Å². The normalized spacial score (nSPS) is 18.9. The van der Waals surface area contributed by atoms with Crippen LogP contribution in [0.1, 0.15) is 40.0 Å². The molecule has 4 heteroatoms. The standard InChI is InChI=1S/C6H12O2.C6H10O2/c1-6(2)7-4-3-5-8-6;1-2-3-4-5-6(7)8/h3-5H2,1-2H3;4-5H,2-3H2,1H3,(H,7,8). The summed E-state index contributed by atoms with van der Waals surface area (Å²) in [5.74, 6) is -1.18. The van der Waals surface area contributed by atoms with Crippen LogP contribution < -0.4 is 0 Å². The monoisotopic (exact) mass is 230 g/mol. The molecule has 1 aliphatic heterocycles. The molecule has 94 valence electrons. The minimum absolute atomic E-state index is 0.321. The molecule has 1 heterocycles. The fourth-order valence-corrected chi connectivity index (χ4v) is 1.09. The second kappa shape index (κ2) is 8.30. The molecule has 0 unspecified atom stereocenters. The largest absolute Gasteiger partial charge is 0.478 e. The van der Waals surface area contributed by atoms with E-state index < -0.39 is 5.97 Å². The fourth-order valence-electron chi connectivity index (χ4n) is 1.09. The van der Waals surface area contributed by atoms with Gasteiger partial charge in [-0.3, -0.25) is 0 Å². The number of carboxylic acids is 1. The van der Waals surface area contributed by atoms with Gasteiger partial charge in [0.05, 0.1) is 13.2 Å². The highest BCUT2D eigenvalue weighted by atomic mass is 16.7. The minimum Gasteiger partial charge on any atom is -0.478 e. The number of ether oxygens (including phenoxy) is 2. The molecule has 0 aromatic carbocycles. The highest BCUT2D eigenvalue weighted by Crippen LogP contribution is 2.15. The Bertz CT molecular complexity index is 213. The van der Waals surface area contributed by atoms with E-state index in [1.165, 1.54) is 6.08 Å². The van der Waals surface area contributed by atoms with E-state index in [1.807, 2.05) is 20.8 Å². The van der Waals surface area contributed by atoms with Crippen molar-refractivity contribution >= 4 is 5.97 Å². The van der Waals surface area contributed by atoms with E-state index in [9.17, 15) is 4.79 Å². The van der Waals surface area contributed by atoms with Gasteiger partial charge in [-0.2, -0.15) is 0 Å². The Balaban J connectivity index is 0.000000281. The van der Waals surface area contributed by atoms with Gasteiger partial charge in [-0.1, -0.05) is 19.4 Å². The van der Waals surface area contributed by atoms with Crippen LogP contribution in [0.4, 0.5) is 0 Å². The number of aliphatic carboxylic acids is 1. The summed E-state index contributed by atoms with van der Waals surface area (Å²) in [5.41, 5.74) is 0. The predicted octanol–water partition coefficient (Wildman–Crippen LogP) is 2.59. The maximum Gasteiger partial charge on any atom is 0.327 e. The summed E-state index contributed by atoms with van der Waals surface area (Å²) in [7, 11) is 0. The van der Waals surface area contributed by atoms with E-state index in [0.717, 1.165) is 32.5 Å². The fraction of sp³-hybridized carbons (Fsp3) is 0.750. The van der Waals surface area contributed by atoms with Crippen LogP contribution >= 0.6 is 0 Å². The van der Waals surface area contributed by atoms with Gasteiger partial charge in [-0.25, -0.2) is 4.79 Å². The number of hydrogen-bond donors (Lipinski definition) is 1. The zero-order valence-electron chi connectivity index (χ0n) is 10.4. The molecule has 0 atom stereocenters. The van der Waals surface area contributed by atoms with Crippen molar-refractivity contribution in [3.63, 3.8) is 0 Å². The summed E-state index contributed by atoms with van der Waals surface area (Å²) in [5, 5.41) is 8.05. The van der Waals surface area contributed by atoms with Crippen LogP contribution in [-0.4, -0.2) is 30.1 Å². The van der Waals surface area contributed by atoms with Crippen molar-refractivity contribution in [3.05, 3.63) is 12.2 Å². The molecule has 0 amide bonds. The van der Waals surface area contributed by atoms with Crippen molar-refractivity contribution in [1.29, 1.82) is 0 Å². The molecule has 0 spiro atoms. The van der Waals surface area contributed by atoms with Gasteiger partial charge in [0.15, 0.2) is 5.79 Å². The van der Waals surface area contributed by atoms with E-state index in [4.69, 9.17) is 14.6 Å². The van der Waals surface area contributed by atoms with Crippen LogP contribution in [0.2, 0.25) is 0 Å². The van der Waals surface area contributed by atoms with Gasteiger partial charge in [-0.15, -0.1) is 0 Å². The van der Waals surface area contributed by atoms with Crippen LogP contribution in [-0.2, 0) is 14.3 Å². The van der Waals surface area contributed by atoms with Crippen LogP contribution in [0.3, 0.4) is 0 Å². The summed E-state index contributed by atoms with van der Waals surface area (Å²) < 4.78 is 10.5. The number of rotatable bonds is 3. The molecule has 1 N–H and O–H groups in total. The second-order valence-electron chi connectivity index (χ2n) is 3.98. The highest BCUT2D eigenvalue weighted by molar-refractivity contribution is 5.79. The van der Waals surface area contributed by atoms with Gasteiger partial charge < -0.3 is 14.6 Å². The second-order valence-corrected chi connectivity index (χ2v) is 3.98. The molecule has 0 aromatic rings. The van der Waals surface area contributed by atoms with Crippen molar-refractivity contribution in [2.24, 2.45) is 0 Å². The maximum atomic E-state index is 9.79. The molecule has 1 fully saturated rings. The van der Waals surface area contributed by atoms with Crippen molar-refractivity contribution in [1.82, 2.24) is 0 Å². The van der Waals surface area contributed by atoms with Gasteiger partial charge in [-0.05, 0) is 26.7 Å². The highest BCUT2D eigenvalue weighted by Gasteiger charge is 2.21. The number of carbonyl (C=O) groups is 1. The molecule has 4 nitrogen and oxygen atoms in total. The minimum atomic E-state index is -0.863. The first-order valence-corrected chi connectivity index (χ1v) is 5.65. The Morgan fingerprint density at radius 3 is 2.25 bits per heavy atom. The van der Waals surface area contributed by atoms with E-state index in [1.54, 1.807) is 6.08 Å². The van der Waals surface area contributed by atoms with Crippen LogP contribution in [0.15, 0.2) is 12.2 Å². The molecule has 0 aliphatic carbocycles. The molecule has 0 radical (unpaired) electrons. The van der Waals surface area contributed by atoms with Gasteiger partial charge in [0, 0.05) is 6.08 Å². The Morgan fingerprint density at radius 1 is 1.38 bits per heavy atom. The lowest BCUT2D eigenvalue weighted by molar-refractivity contribution is -0.244. The molecule has 0 aromatic heterocycles. The smallest absolute Gasteiger partial charge is 0.327 e. The lowest BCUT2D eigenvalue weighted by Gasteiger charge is -2.29. The predicted molar refractivity (Wildman–Crippen MR) is 62.3 cm³/mol. The molecule has 0 bridgehead atoms. The Morgan fingerprint density at radius 2 is 1.94 bits per heavy atom. The Hall–Kier alpha value is -0.870. The summed E-state index contributed by atoms with van der Waals surface area (Å²) in [6, 6.07) is 0. The Labute approximate surface area is 97.2 Å². The Kier molecular flexibility index (Phi) is 7.85. The molecular weight excluding hydrogens is 208 g/mol. The maximum absolute atomic E-state index is 9.79. The molecule has 1 rings (SSSR count). The first kappa shape index (κ1) is 15.1. The van der Waals surface area contributed by atoms with Gasteiger partial charge >= 0.3 is 5.97 Å². The third-order valence-corrected chi connectivity index (χ3v) is 1.90. The van der Waals surface area contributed by atoms with E-state index in [0.29, 0.717) is 0 Å². The third-order valence-electron chi connectivity index (χ3n) is 1.90. The summed E-state index contributed by atoms with van der Waals surface area (Å²) in [4.78, 5) is 9.79. The molecular formula is C12H22O4. The SMILES string of the molecule is CC1(C)OCCCO1.CCCC=CC(=O)O. The summed E-state index contributed by atoms with van der Waals surface area (Å²) in [6.45, 7) is 7.56. The zero-order valence-corrected chi connectivity index (χ0v) is 10.4. The average Bonchev–Trinajstić information content (AvgIpc) is 2.18. The van der Waals surface area contributed by atoms with Crippen LogP contribution in [0, 0.1) is 0 Å². The van der Waals surface area contributed by atoms with E-state index >= 15 is 0 Å². The van der Waals surface area contributed by atoms with Crippen molar-refractivity contribution in [3.8, 4) is 0 Å². The number of allylic oxidation sites excluding steroid dienone is 1. The van der Waals surface area contributed by atoms with Gasteiger partial charge in [0.25, 0.3) is 0 Å². The lowest BCUT2D eigenvalue weighted by atomic mass is 10.3. The number of carboxylic acid groups (broad SMARTS) is 1. The molecule has 1 aliphatic rings. The average molecular weight is 230 g/mol. The van der Waals surface area contributed by atoms with Crippen molar-refractivity contribution < 1.29 is 19.4 Å². The van der Waals surface area contributed by atoms with Crippen molar-refractivity contribution in [2.75, 3.05) is 13.2 Å². The quantitative estimate of drug-likeness (QED) is 0.757. The van der Waals surface area contributed by atoms with Crippen molar-refractivity contribution in [2.45, 2.75) is 45.8 Å². The van der Waals surface area contributed by atoms with Gasteiger partial charge in [0.2, 0.25) is 0 Å². The molecule has 1 saturated heterocycles. The number of hydrogen-bond acceptors (Lipinski definition) is 3. The summed E-state index contributed by atoms with van der Waals surface area (Å²) in [6.07, 6.45) is 5.71. The zero-order chi connectivity index (χ0) is 12.4. The van der Waals surface area contributed by atoms with Crippen LogP contribution in [0.25, 0.3) is 0 Å². The first-order valence-electron chi connectivity index (χ1n) is 5.65.